The molecular formula is C22H30N6O4S2. The van der Waals surface area contributed by atoms with E-state index in [4.69, 9.17) is 0 Å². The normalized spacial score (nSPS) is 22.0. The highest BCUT2D eigenvalue weighted by Crippen LogP contribution is 2.35. The van der Waals surface area contributed by atoms with Crippen LogP contribution in [0.5, 0.6) is 0 Å². The first-order chi connectivity index (χ1) is 16.2. The molecule has 1 atom stereocenters. The third-order valence-corrected chi connectivity index (χ3v) is 9.43. The smallest absolute Gasteiger partial charge is 0.227 e. The maximum atomic E-state index is 13.1. The van der Waals surface area contributed by atoms with Crippen molar-refractivity contribution in [2.45, 2.75) is 37.6 Å². The highest BCUT2D eigenvalue weighted by Gasteiger charge is 2.33. The molecule has 3 aromatic rings. The summed E-state index contributed by atoms with van der Waals surface area (Å²) in [5.41, 5.74) is 2.96. The zero-order chi connectivity index (χ0) is 23.9. The van der Waals surface area contributed by atoms with Gasteiger partial charge in [0.05, 0.1) is 18.0 Å². The van der Waals surface area contributed by atoms with E-state index in [0.29, 0.717) is 38.4 Å². The standard InChI is InChI=1S/C22H30N6O4S2/c1-33(29,30)26-17-3-2-10-28(14-17)34(31,32)15-27-11-6-16(7-12-27)18-4-8-23-20-13-25-22-19(21(18)20)5-9-24-22/h4-5,8-9,13,16-17,26H,2-3,6-7,10-12,14-15H2,1H3,(H,24,25). The Hall–Kier alpha value is -2.12. The highest BCUT2D eigenvalue weighted by molar-refractivity contribution is 7.89. The van der Waals surface area contributed by atoms with E-state index in [-0.39, 0.29) is 18.5 Å². The predicted octanol–water partition coefficient (Wildman–Crippen LogP) is 1.59. The van der Waals surface area contributed by atoms with Crippen LogP contribution in [0.2, 0.25) is 0 Å². The van der Waals surface area contributed by atoms with Crippen LogP contribution in [0.25, 0.3) is 21.9 Å². The van der Waals surface area contributed by atoms with Crippen LogP contribution >= 0.6 is 0 Å². The SMILES string of the molecule is CS(=O)(=O)NC1CCCN(S(=O)(=O)CN2CCC(c3ccnc4cnc5[nH]ccc5c34)CC2)C1. The average Bonchev–Trinajstić information content (AvgIpc) is 3.27. The maximum Gasteiger partial charge on any atom is 0.227 e. The molecular weight excluding hydrogens is 476 g/mol. The summed E-state index contributed by atoms with van der Waals surface area (Å²) in [7, 11) is -6.88. The molecule has 2 N–H and O–H groups in total. The van der Waals surface area contributed by atoms with Crippen molar-refractivity contribution in [3.63, 3.8) is 0 Å². The van der Waals surface area contributed by atoms with Crippen LogP contribution in [0.3, 0.4) is 0 Å². The van der Waals surface area contributed by atoms with Crippen molar-refractivity contribution in [1.29, 1.82) is 0 Å². The predicted molar refractivity (Wildman–Crippen MR) is 131 cm³/mol. The van der Waals surface area contributed by atoms with Crippen LogP contribution < -0.4 is 4.72 Å². The van der Waals surface area contributed by atoms with Crippen molar-refractivity contribution in [3.05, 3.63) is 36.3 Å². The van der Waals surface area contributed by atoms with Crippen LogP contribution in [-0.4, -0.2) is 85.3 Å². The van der Waals surface area contributed by atoms with Gasteiger partial charge in [-0.05, 0) is 62.4 Å². The first kappa shape index (κ1) is 23.6. The molecule has 34 heavy (non-hydrogen) atoms. The second kappa shape index (κ2) is 9.15. The molecule has 0 saturated carbocycles. The average molecular weight is 507 g/mol. The summed E-state index contributed by atoms with van der Waals surface area (Å²) < 4.78 is 53.3. The fourth-order valence-corrected chi connectivity index (χ4v) is 7.79. The number of nitrogens with one attached hydrogen (secondary N) is 2. The van der Waals surface area contributed by atoms with Crippen LogP contribution in [-0.2, 0) is 20.0 Å². The summed E-state index contributed by atoms with van der Waals surface area (Å²) in [4.78, 5) is 14.1. The summed E-state index contributed by atoms with van der Waals surface area (Å²) in [6, 6.07) is 3.74. The van der Waals surface area contributed by atoms with Gasteiger partial charge in [-0.3, -0.25) is 9.88 Å². The Balaban J connectivity index is 1.26. The van der Waals surface area contributed by atoms with Crippen LogP contribution in [0.15, 0.2) is 30.7 Å². The van der Waals surface area contributed by atoms with Crippen molar-refractivity contribution >= 4 is 42.0 Å². The van der Waals surface area contributed by atoms with Gasteiger partial charge in [0.2, 0.25) is 20.0 Å². The number of piperidine rings is 2. The molecule has 1 unspecified atom stereocenters. The van der Waals surface area contributed by atoms with E-state index in [2.05, 4.69) is 25.7 Å². The number of fused-ring (bicyclic) bond motifs is 3. The lowest BCUT2D eigenvalue weighted by Crippen LogP contribution is -2.51. The lowest BCUT2D eigenvalue weighted by Gasteiger charge is -2.36. The molecule has 0 spiro atoms. The number of likely N-dealkylation sites (tertiary alicyclic amines) is 1. The topological polar surface area (TPSA) is 128 Å². The number of aromatic nitrogens is 3. The van der Waals surface area contributed by atoms with Gasteiger partial charge < -0.3 is 4.98 Å². The number of H-pyrrole nitrogens is 1. The van der Waals surface area contributed by atoms with Crippen molar-refractivity contribution in [2.24, 2.45) is 0 Å². The summed E-state index contributed by atoms with van der Waals surface area (Å²) in [5, 5.41) is 2.19. The van der Waals surface area contributed by atoms with E-state index in [1.54, 1.807) is 6.20 Å². The van der Waals surface area contributed by atoms with Gasteiger partial charge in [-0.2, -0.15) is 4.31 Å². The number of rotatable bonds is 6. The van der Waals surface area contributed by atoms with Gasteiger partial charge >= 0.3 is 0 Å². The maximum absolute atomic E-state index is 13.1. The molecule has 0 bridgehead atoms. The Kier molecular flexibility index (Phi) is 6.36. The fourth-order valence-electron chi connectivity index (χ4n) is 5.30. The molecule has 0 amide bonds. The van der Waals surface area contributed by atoms with E-state index in [0.717, 1.165) is 41.0 Å². The van der Waals surface area contributed by atoms with Gasteiger partial charge in [0, 0.05) is 42.3 Å². The largest absolute Gasteiger partial charge is 0.346 e. The minimum Gasteiger partial charge on any atom is -0.346 e. The number of nitrogens with zero attached hydrogens (tertiary/aromatic N) is 4. The van der Waals surface area contributed by atoms with Crippen molar-refractivity contribution < 1.29 is 16.8 Å². The van der Waals surface area contributed by atoms with Gasteiger partial charge in [-0.1, -0.05) is 0 Å². The summed E-state index contributed by atoms with van der Waals surface area (Å²) in [6.45, 7) is 2.00. The van der Waals surface area contributed by atoms with E-state index >= 15 is 0 Å². The number of hydrogen-bond donors (Lipinski definition) is 2. The summed E-state index contributed by atoms with van der Waals surface area (Å²) >= 11 is 0. The Morgan fingerprint density at radius 3 is 2.65 bits per heavy atom. The molecule has 10 nitrogen and oxygen atoms in total. The molecule has 2 saturated heterocycles. The second-order valence-electron chi connectivity index (χ2n) is 9.38. The van der Waals surface area contributed by atoms with Crippen LogP contribution in [0.4, 0.5) is 0 Å². The number of aromatic amines is 1. The Bertz CT molecular complexity index is 1400. The molecule has 2 aliphatic heterocycles. The molecule has 5 rings (SSSR count). The Morgan fingerprint density at radius 1 is 1.09 bits per heavy atom. The molecule has 12 heteroatoms. The molecule has 2 fully saturated rings. The van der Waals surface area contributed by atoms with Gasteiger partial charge in [-0.25, -0.2) is 26.5 Å². The minimum absolute atomic E-state index is 0.0333. The molecule has 5 heterocycles. The van der Waals surface area contributed by atoms with Gasteiger partial charge in [-0.15, -0.1) is 0 Å². The number of sulfonamides is 2. The highest BCUT2D eigenvalue weighted by atomic mass is 32.2. The summed E-state index contributed by atoms with van der Waals surface area (Å²) in [6.07, 6.45) is 9.63. The lowest BCUT2D eigenvalue weighted by atomic mass is 9.87. The van der Waals surface area contributed by atoms with E-state index < -0.39 is 20.0 Å². The zero-order valence-corrected chi connectivity index (χ0v) is 20.8. The van der Waals surface area contributed by atoms with E-state index in [1.807, 2.05) is 23.4 Å². The Labute approximate surface area is 199 Å². The first-order valence-electron chi connectivity index (χ1n) is 11.6. The Morgan fingerprint density at radius 2 is 1.88 bits per heavy atom. The number of hydrogen-bond acceptors (Lipinski definition) is 7. The molecule has 0 aliphatic carbocycles. The van der Waals surface area contributed by atoms with E-state index in [1.165, 1.54) is 9.87 Å². The third kappa shape index (κ3) is 4.96. The van der Waals surface area contributed by atoms with Gasteiger partial charge in [0.25, 0.3) is 0 Å². The van der Waals surface area contributed by atoms with Crippen molar-refractivity contribution in [3.8, 4) is 0 Å². The monoisotopic (exact) mass is 506 g/mol. The summed E-state index contributed by atoms with van der Waals surface area (Å²) in [5.74, 6) is 0.289. The molecule has 0 aromatic carbocycles. The lowest BCUT2D eigenvalue weighted by molar-refractivity contribution is 0.231. The van der Waals surface area contributed by atoms with Crippen LogP contribution in [0.1, 0.15) is 37.2 Å². The van der Waals surface area contributed by atoms with Gasteiger partial charge in [0.15, 0.2) is 0 Å². The second-order valence-corrected chi connectivity index (χ2v) is 13.1. The molecule has 184 valence electrons. The first-order valence-corrected chi connectivity index (χ1v) is 15.1. The van der Waals surface area contributed by atoms with Crippen molar-refractivity contribution in [2.75, 3.05) is 38.3 Å². The molecule has 3 aromatic heterocycles. The third-order valence-electron chi connectivity index (χ3n) is 6.85. The minimum atomic E-state index is -3.51. The van der Waals surface area contributed by atoms with E-state index in [9.17, 15) is 16.8 Å². The van der Waals surface area contributed by atoms with Gasteiger partial charge in [0.1, 0.15) is 11.5 Å². The zero-order valence-electron chi connectivity index (χ0n) is 19.1. The quantitative estimate of drug-likeness (QED) is 0.520. The molecule has 2 aliphatic rings. The fraction of sp³-hybridized carbons (Fsp3) is 0.545. The van der Waals surface area contributed by atoms with Crippen molar-refractivity contribution in [1.82, 2.24) is 28.9 Å². The number of pyridine rings is 2. The van der Waals surface area contributed by atoms with Crippen LogP contribution in [0, 0.1) is 0 Å². The molecule has 0 radical (unpaired) electrons.